The third kappa shape index (κ3) is 1.60. The maximum Gasteiger partial charge on any atom is 0.131 e. The highest BCUT2D eigenvalue weighted by atomic mass is 16.3. The van der Waals surface area contributed by atoms with Crippen molar-refractivity contribution < 1.29 is 5.11 Å². The Morgan fingerprint density at radius 1 is 1.42 bits per heavy atom. The maximum atomic E-state index is 9.27. The van der Waals surface area contributed by atoms with Crippen LogP contribution in [0.5, 0.6) is 5.75 Å². The van der Waals surface area contributed by atoms with Gasteiger partial charge >= 0.3 is 0 Å². The molecule has 62 valence electrons. The first kappa shape index (κ1) is 8.67. The van der Waals surface area contributed by atoms with Gasteiger partial charge in [0.25, 0.3) is 0 Å². The Kier molecular flexibility index (Phi) is 2.40. The number of phenolic OH excluding ortho intramolecular Hbond substituents is 1. The van der Waals surface area contributed by atoms with E-state index in [0.717, 1.165) is 5.56 Å². The molecule has 0 heterocycles. The van der Waals surface area contributed by atoms with Gasteiger partial charge in [0.15, 0.2) is 0 Å². The van der Waals surface area contributed by atoms with Crippen molar-refractivity contribution in [3.05, 3.63) is 29.3 Å². The molecule has 0 aliphatic rings. The summed E-state index contributed by atoms with van der Waals surface area (Å²) in [4.78, 5) is 0. The number of hydrogen-bond acceptors (Lipinski definition) is 1. The predicted octanol–water partition coefficient (Wildman–Crippen LogP) is 2.50. The molecule has 0 saturated heterocycles. The summed E-state index contributed by atoms with van der Waals surface area (Å²) in [6.07, 6.45) is 5.21. The van der Waals surface area contributed by atoms with Gasteiger partial charge in [0.2, 0.25) is 0 Å². The second kappa shape index (κ2) is 3.32. The van der Waals surface area contributed by atoms with Crippen LogP contribution in [0, 0.1) is 12.3 Å². The summed E-state index contributed by atoms with van der Waals surface area (Å²) in [6.45, 7) is 4.18. The normalized spacial score (nSPS) is 9.83. The van der Waals surface area contributed by atoms with Crippen molar-refractivity contribution >= 4 is 0 Å². The van der Waals surface area contributed by atoms with Crippen molar-refractivity contribution in [2.45, 2.75) is 19.8 Å². The molecule has 12 heavy (non-hydrogen) atoms. The van der Waals surface area contributed by atoms with Gasteiger partial charge in [0.1, 0.15) is 5.75 Å². The topological polar surface area (TPSA) is 20.2 Å². The molecule has 0 aliphatic heterocycles. The van der Waals surface area contributed by atoms with Crippen LogP contribution in [0.1, 0.15) is 30.9 Å². The summed E-state index contributed by atoms with van der Waals surface area (Å²) in [5, 5.41) is 9.27. The molecular weight excluding hydrogens is 148 g/mol. The van der Waals surface area contributed by atoms with Crippen molar-refractivity contribution in [2.75, 3.05) is 0 Å². The highest BCUT2D eigenvalue weighted by Gasteiger charge is 2.02. The van der Waals surface area contributed by atoms with Crippen molar-refractivity contribution in [3.8, 4) is 18.1 Å². The average molecular weight is 160 g/mol. The Hall–Kier alpha value is -1.42. The minimum absolute atomic E-state index is 0.182. The van der Waals surface area contributed by atoms with Crippen molar-refractivity contribution in [1.29, 1.82) is 0 Å². The van der Waals surface area contributed by atoms with Crippen LogP contribution in [-0.2, 0) is 0 Å². The summed E-state index contributed by atoms with van der Waals surface area (Å²) >= 11 is 0. The monoisotopic (exact) mass is 160 g/mol. The minimum Gasteiger partial charge on any atom is -0.507 e. The lowest BCUT2D eigenvalue weighted by Gasteiger charge is -2.06. The first-order valence-electron chi connectivity index (χ1n) is 3.94. The maximum absolute atomic E-state index is 9.27. The SMILES string of the molecule is C#Cc1cc(C(C)C)ccc1O. The zero-order valence-corrected chi connectivity index (χ0v) is 7.33. The van der Waals surface area contributed by atoms with Crippen molar-refractivity contribution in [3.63, 3.8) is 0 Å². The Balaban J connectivity index is 3.16. The molecule has 0 bridgehead atoms. The molecule has 0 unspecified atom stereocenters. The van der Waals surface area contributed by atoms with E-state index in [4.69, 9.17) is 6.42 Å². The van der Waals surface area contributed by atoms with Crippen LogP contribution in [0.4, 0.5) is 0 Å². The van der Waals surface area contributed by atoms with E-state index in [1.807, 2.05) is 12.1 Å². The summed E-state index contributed by atoms with van der Waals surface area (Å²) < 4.78 is 0. The summed E-state index contributed by atoms with van der Waals surface area (Å²) in [6, 6.07) is 5.38. The zero-order valence-electron chi connectivity index (χ0n) is 7.33. The molecule has 1 aromatic rings. The number of benzene rings is 1. The van der Waals surface area contributed by atoms with E-state index in [-0.39, 0.29) is 5.75 Å². The first-order valence-corrected chi connectivity index (χ1v) is 3.94. The molecule has 1 heteroatoms. The standard InChI is InChI=1S/C11H12O/c1-4-9-7-10(8(2)3)5-6-11(9)12/h1,5-8,12H,2-3H3. The molecule has 1 nitrogen and oxygen atoms in total. The van der Waals surface area contributed by atoms with Gasteiger partial charge in [0, 0.05) is 0 Å². The van der Waals surface area contributed by atoms with E-state index in [0.29, 0.717) is 11.5 Å². The predicted molar refractivity (Wildman–Crippen MR) is 50.1 cm³/mol. The van der Waals surface area contributed by atoms with Crippen LogP contribution < -0.4 is 0 Å². The van der Waals surface area contributed by atoms with Crippen LogP contribution in [-0.4, -0.2) is 5.11 Å². The van der Waals surface area contributed by atoms with Crippen molar-refractivity contribution in [2.24, 2.45) is 0 Å². The lowest BCUT2D eigenvalue weighted by Crippen LogP contribution is -1.88. The Labute approximate surface area is 73.0 Å². The molecular formula is C11H12O. The lowest BCUT2D eigenvalue weighted by atomic mass is 10.0. The van der Waals surface area contributed by atoms with Crippen LogP contribution in [0.3, 0.4) is 0 Å². The molecule has 0 spiro atoms. The van der Waals surface area contributed by atoms with E-state index in [1.54, 1.807) is 6.07 Å². The van der Waals surface area contributed by atoms with Gasteiger partial charge in [-0.1, -0.05) is 25.8 Å². The number of phenols is 1. The smallest absolute Gasteiger partial charge is 0.131 e. The van der Waals surface area contributed by atoms with Crippen molar-refractivity contribution in [1.82, 2.24) is 0 Å². The van der Waals surface area contributed by atoms with Crippen LogP contribution in [0.2, 0.25) is 0 Å². The Morgan fingerprint density at radius 3 is 2.58 bits per heavy atom. The van der Waals surface area contributed by atoms with Gasteiger partial charge in [-0.3, -0.25) is 0 Å². The van der Waals surface area contributed by atoms with E-state index >= 15 is 0 Å². The third-order valence-corrected chi connectivity index (χ3v) is 1.84. The van der Waals surface area contributed by atoms with Crippen LogP contribution in [0.25, 0.3) is 0 Å². The number of rotatable bonds is 1. The summed E-state index contributed by atoms with van der Waals surface area (Å²) in [5.41, 5.74) is 1.72. The lowest BCUT2D eigenvalue weighted by molar-refractivity contribution is 0.473. The van der Waals surface area contributed by atoms with Gasteiger partial charge in [-0.15, -0.1) is 6.42 Å². The van der Waals surface area contributed by atoms with Gasteiger partial charge < -0.3 is 5.11 Å². The van der Waals surface area contributed by atoms with E-state index in [9.17, 15) is 5.11 Å². The second-order valence-corrected chi connectivity index (χ2v) is 3.08. The fraction of sp³-hybridized carbons (Fsp3) is 0.273. The molecule has 0 amide bonds. The zero-order chi connectivity index (χ0) is 9.14. The quantitative estimate of drug-likeness (QED) is 0.626. The first-order chi connectivity index (χ1) is 5.65. The number of terminal acetylenes is 1. The second-order valence-electron chi connectivity index (χ2n) is 3.08. The molecule has 1 N–H and O–H groups in total. The van der Waals surface area contributed by atoms with E-state index in [1.165, 1.54) is 0 Å². The third-order valence-electron chi connectivity index (χ3n) is 1.84. The van der Waals surface area contributed by atoms with Gasteiger partial charge in [-0.2, -0.15) is 0 Å². The molecule has 1 aromatic carbocycles. The largest absolute Gasteiger partial charge is 0.507 e. The van der Waals surface area contributed by atoms with Gasteiger partial charge in [0.05, 0.1) is 5.56 Å². The molecule has 0 saturated carbocycles. The number of hydrogen-bond donors (Lipinski definition) is 1. The van der Waals surface area contributed by atoms with Crippen LogP contribution in [0.15, 0.2) is 18.2 Å². The van der Waals surface area contributed by atoms with E-state index < -0.39 is 0 Å². The fourth-order valence-electron chi connectivity index (χ4n) is 1.03. The van der Waals surface area contributed by atoms with E-state index in [2.05, 4.69) is 19.8 Å². The number of aromatic hydroxyl groups is 1. The van der Waals surface area contributed by atoms with Gasteiger partial charge in [-0.25, -0.2) is 0 Å². The van der Waals surface area contributed by atoms with Gasteiger partial charge in [-0.05, 0) is 23.6 Å². The molecule has 0 aliphatic carbocycles. The highest BCUT2D eigenvalue weighted by molar-refractivity contribution is 5.46. The molecule has 0 radical (unpaired) electrons. The molecule has 0 fully saturated rings. The summed E-state index contributed by atoms with van der Waals surface area (Å²) in [7, 11) is 0. The summed E-state index contributed by atoms with van der Waals surface area (Å²) in [5.74, 6) is 3.07. The Morgan fingerprint density at radius 2 is 2.08 bits per heavy atom. The molecule has 0 atom stereocenters. The molecule has 0 aromatic heterocycles. The average Bonchev–Trinajstić information content (AvgIpc) is 2.05. The molecule has 1 rings (SSSR count). The van der Waals surface area contributed by atoms with Crippen LogP contribution >= 0.6 is 0 Å². The minimum atomic E-state index is 0.182. The Bertz CT molecular complexity index is 318. The fourth-order valence-corrected chi connectivity index (χ4v) is 1.03. The highest BCUT2D eigenvalue weighted by Crippen LogP contribution is 2.21.